The van der Waals surface area contributed by atoms with Crippen LogP contribution in [0.3, 0.4) is 0 Å². The standard InChI is InChI=1S/C28H27ClFN3O4/c1-19-23(18-32(16-17-35-2)27(34)22-8-4-5-9-24(22)30)28(37-26-11-7-6-10-25(26)36-3)33(31-19)21-14-12-20(29)13-15-21/h4-15H,16-18H2,1-3H3. The smallest absolute Gasteiger partial charge is 0.257 e. The Kier molecular flexibility index (Phi) is 8.43. The highest BCUT2D eigenvalue weighted by Crippen LogP contribution is 2.36. The summed E-state index contributed by atoms with van der Waals surface area (Å²) in [6, 6.07) is 20.3. The molecule has 37 heavy (non-hydrogen) atoms. The second-order valence-electron chi connectivity index (χ2n) is 8.21. The summed E-state index contributed by atoms with van der Waals surface area (Å²) in [5, 5.41) is 5.29. The molecule has 0 saturated heterocycles. The van der Waals surface area contributed by atoms with Gasteiger partial charge in [-0.2, -0.15) is 5.10 Å². The van der Waals surface area contributed by atoms with Crippen molar-refractivity contribution in [3.63, 3.8) is 0 Å². The van der Waals surface area contributed by atoms with Crippen molar-refractivity contribution in [1.29, 1.82) is 0 Å². The van der Waals surface area contributed by atoms with Crippen LogP contribution >= 0.6 is 11.6 Å². The van der Waals surface area contributed by atoms with E-state index >= 15 is 0 Å². The highest BCUT2D eigenvalue weighted by molar-refractivity contribution is 6.30. The first-order valence-electron chi connectivity index (χ1n) is 11.6. The van der Waals surface area contributed by atoms with Crippen LogP contribution in [0, 0.1) is 12.7 Å². The van der Waals surface area contributed by atoms with Gasteiger partial charge in [0.2, 0.25) is 5.88 Å². The molecule has 7 nitrogen and oxygen atoms in total. The number of halogens is 2. The zero-order valence-electron chi connectivity index (χ0n) is 20.8. The normalized spacial score (nSPS) is 10.8. The number of aromatic nitrogens is 2. The lowest BCUT2D eigenvalue weighted by atomic mass is 10.1. The van der Waals surface area contributed by atoms with Crippen molar-refractivity contribution in [2.75, 3.05) is 27.4 Å². The number of hydrogen-bond acceptors (Lipinski definition) is 5. The Labute approximate surface area is 219 Å². The number of carbonyl (C=O) groups is 1. The first-order chi connectivity index (χ1) is 17.9. The lowest BCUT2D eigenvalue weighted by Crippen LogP contribution is -2.34. The molecular formula is C28H27ClFN3O4. The molecule has 192 valence electrons. The molecule has 0 unspecified atom stereocenters. The van der Waals surface area contributed by atoms with Gasteiger partial charge in [-0.1, -0.05) is 35.9 Å². The molecule has 0 aliphatic heterocycles. The van der Waals surface area contributed by atoms with Crippen molar-refractivity contribution >= 4 is 17.5 Å². The van der Waals surface area contributed by atoms with E-state index in [0.717, 1.165) is 0 Å². The third-order valence-electron chi connectivity index (χ3n) is 5.79. The summed E-state index contributed by atoms with van der Waals surface area (Å²) in [5.74, 6) is 0.359. The Hall–Kier alpha value is -3.88. The quantitative estimate of drug-likeness (QED) is 0.253. The summed E-state index contributed by atoms with van der Waals surface area (Å²) in [7, 11) is 3.11. The van der Waals surface area contributed by atoms with Gasteiger partial charge < -0.3 is 19.1 Å². The SMILES string of the molecule is COCCN(Cc1c(C)nn(-c2ccc(Cl)cc2)c1Oc1ccccc1OC)C(=O)c1ccccc1F. The Bertz CT molecular complexity index is 1370. The van der Waals surface area contributed by atoms with Crippen molar-refractivity contribution in [2.24, 2.45) is 0 Å². The van der Waals surface area contributed by atoms with Crippen LogP contribution in [0.5, 0.6) is 17.4 Å². The molecule has 0 aliphatic rings. The number of amides is 1. The summed E-state index contributed by atoms with van der Waals surface area (Å²) < 4.78 is 33.2. The molecule has 0 N–H and O–H groups in total. The van der Waals surface area contributed by atoms with Gasteiger partial charge in [0.15, 0.2) is 11.5 Å². The van der Waals surface area contributed by atoms with E-state index in [4.69, 9.17) is 30.9 Å². The van der Waals surface area contributed by atoms with Crippen LogP contribution in [0.4, 0.5) is 4.39 Å². The van der Waals surface area contributed by atoms with Gasteiger partial charge in [0.05, 0.1) is 42.8 Å². The van der Waals surface area contributed by atoms with Gasteiger partial charge in [-0.05, 0) is 55.5 Å². The number of para-hydroxylation sites is 2. The Morgan fingerprint density at radius 1 is 1.00 bits per heavy atom. The summed E-state index contributed by atoms with van der Waals surface area (Å²) in [6.45, 7) is 2.45. The Morgan fingerprint density at radius 2 is 1.68 bits per heavy atom. The van der Waals surface area contributed by atoms with E-state index in [1.807, 2.05) is 31.2 Å². The average Bonchev–Trinajstić information content (AvgIpc) is 3.21. The minimum atomic E-state index is -0.589. The van der Waals surface area contributed by atoms with E-state index in [2.05, 4.69) is 0 Å². The van der Waals surface area contributed by atoms with Gasteiger partial charge >= 0.3 is 0 Å². The number of hydrogen-bond donors (Lipinski definition) is 0. The van der Waals surface area contributed by atoms with E-state index < -0.39 is 11.7 Å². The van der Waals surface area contributed by atoms with E-state index in [0.29, 0.717) is 39.3 Å². The molecule has 3 aromatic carbocycles. The number of benzene rings is 3. The van der Waals surface area contributed by atoms with Crippen LogP contribution in [0.15, 0.2) is 72.8 Å². The summed E-state index contributed by atoms with van der Waals surface area (Å²) in [4.78, 5) is 14.9. The zero-order chi connectivity index (χ0) is 26.4. The second-order valence-corrected chi connectivity index (χ2v) is 8.65. The average molecular weight is 524 g/mol. The van der Waals surface area contributed by atoms with Gasteiger partial charge in [-0.25, -0.2) is 9.07 Å². The predicted molar refractivity (Wildman–Crippen MR) is 139 cm³/mol. The first-order valence-corrected chi connectivity index (χ1v) is 12.0. The van der Waals surface area contributed by atoms with Crippen LogP contribution in [-0.4, -0.2) is 48.0 Å². The minimum absolute atomic E-state index is 0.0199. The van der Waals surface area contributed by atoms with Crippen LogP contribution in [-0.2, 0) is 11.3 Å². The maximum Gasteiger partial charge on any atom is 0.257 e. The zero-order valence-corrected chi connectivity index (χ0v) is 21.5. The summed E-state index contributed by atoms with van der Waals surface area (Å²) in [5.41, 5.74) is 1.99. The van der Waals surface area contributed by atoms with Crippen molar-refractivity contribution in [2.45, 2.75) is 13.5 Å². The van der Waals surface area contributed by atoms with Crippen LogP contribution < -0.4 is 9.47 Å². The molecule has 4 rings (SSSR count). The van der Waals surface area contributed by atoms with Crippen LogP contribution in [0.1, 0.15) is 21.6 Å². The van der Waals surface area contributed by atoms with Crippen molar-refractivity contribution in [3.05, 3.63) is 100 Å². The molecule has 0 saturated carbocycles. The fourth-order valence-electron chi connectivity index (χ4n) is 3.84. The fraction of sp³-hybridized carbons (Fsp3) is 0.214. The Balaban J connectivity index is 1.80. The molecule has 0 bridgehead atoms. The number of nitrogens with zero attached hydrogens (tertiary/aromatic N) is 3. The maximum atomic E-state index is 14.5. The van der Waals surface area contributed by atoms with Crippen molar-refractivity contribution < 1.29 is 23.4 Å². The van der Waals surface area contributed by atoms with Crippen LogP contribution in [0.25, 0.3) is 5.69 Å². The maximum absolute atomic E-state index is 14.5. The largest absolute Gasteiger partial charge is 0.493 e. The molecule has 0 spiro atoms. The number of aryl methyl sites for hydroxylation is 1. The fourth-order valence-corrected chi connectivity index (χ4v) is 3.97. The Morgan fingerprint density at radius 3 is 2.35 bits per heavy atom. The van der Waals surface area contributed by atoms with E-state index in [-0.39, 0.29) is 25.3 Å². The molecule has 4 aromatic rings. The summed E-state index contributed by atoms with van der Waals surface area (Å²) in [6.07, 6.45) is 0. The molecule has 1 heterocycles. The second kappa shape index (κ2) is 11.9. The predicted octanol–water partition coefficient (Wildman–Crippen LogP) is 6.06. The molecule has 1 amide bonds. The monoisotopic (exact) mass is 523 g/mol. The lowest BCUT2D eigenvalue weighted by Gasteiger charge is -2.23. The molecular weight excluding hydrogens is 497 g/mol. The highest BCUT2D eigenvalue weighted by atomic mass is 35.5. The topological polar surface area (TPSA) is 65.8 Å². The number of methoxy groups -OCH3 is 2. The molecule has 0 fully saturated rings. The molecule has 9 heteroatoms. The number of carbonyl (C=O) groups excluding carboxylic acids is 1. The van der Waals surface area contributed by atoms with Crippen LogP contribution in [0.2, 0.25) is 5.02 Å². The third-order valence-corrected chi connectivity index (χ3v) is 6.04. The van der Waals surface area contributed by atoms with Gasteiger partial charge in [0, 0.05) is 18.7 Å². The van der Waals surface area contributed by atoms with Crippen molar-refractivity contribution in [3.8, 4) is 23.1 Å². The molecule has 0 atom stereocenters. The van der Waals surface area contributed by atoms with E-state index in [1.54, 1.807) is 55.3 Å². The number of rotatable bonds is 10. The highest BCUT2D eigenvalue weighted by Gasteiger charge is 2.26. The van der Waals surface area contributed by atoms with Gasteiger partial charge in [0.25, 0.3) is 5.91 Å². The lowest BCUT2D eigenvalue weighted by molar-refractivity contribution is 0.0674. The van der Waals surface area contributed by atoms with Crippen molar-refractivity contribution in [1.82, 2.24) is 14.7 Å². The number of ether oxygens (including phenoxy) is 3. The summed E-state index contributed by atoms with van der Waals surface area (Å²) >= 11 is 6.10. The molecule has 1 aromatic heterocycles. The molecule has 0 radical (unpaired) electrons. The molecule has 0 aliphatic carbocycles. The van der Waals surface area contributed by atoms with Gasteiger partial charge in [-0.3, -0.25) is 4.79 Å². The minimum Gasteiger partial charge on any atom is -0.493 e. The van der Waals surface area contributed by atoms with Gasteiger partial charge in [-0.15, -0.1) is 0 Å². The van der Waals surface area contributed by atoms with E-state index in [1.165, 1.54) is 17.0 Å². The first kappa shape index (κ1) is 26.2. The third kappa shape index (κ3) is 5.93. The van der Waals surface area contributed by atoms with E-state index in [9.17, 15) is 9.18 Å². The van der Waals surface area contributed by atoms with Gasteiger partial charge in [0.1, 0.15) is 5.82 Å².